The molecule has 1 aliphatic heterocycles. The number of halogens is 2. The van der Waals surface area contributed by atoms with Crippen LogP contribution in [0.15, 0.2) is 70.4 Å². The van der Waals surface area contributed by atoms with E-state index < -0.39 is 5.82 Å². The second kappa shape index (κ2) is 7.15. The lowest BCUT2D eigenvalue weighted by Crippen LogP contribution is -2.16. The maximum atomic E-state index is 14.3. The fourth-order valence-corrected chi connectivity index (χ4v) is 3.00. The molecule has 27 heavy (non-hydrogen) atoms. The van der Waals surface area contributed by atoms with Gasteiger partial charge in [0.05, 0.1) is 23.8 Å². The maximum absolute atomic E-state index is 14.3. The summed E-state index contributed by atoms with van der Waals surface area (Å²) in [6.07, 6.45) is 6.05. The Balaban J connectivity index is 2.34. The van der Waals surface area contributed by atoms with Crippen LogP contribution in [0.2, 0.25) is 0 Å². The molecule has 6 heteroatoms. The van der Waals surface area contributed by atoms with Crippen molar-refractivity contribution in [2.45, 2.75) is 13.5 Å². The monoisotopic (exact) mass is 367 g/mol. The molecular weight excluding hydrogens is 348 g/mol. The highest BCUT2D eigenvalue weighted by atomic mass is 19.1. The number of nitrogen functional groups attached to an aromatic ring is 1. The molecule has 2 N–H and O–H groups in total. The van der Waals surface area contributed by atoms with Gasteiger partial charge in [0, 0.05) is 30.4 Å². The van der Waals surface area contributed by atoms with Crippen molar-refractivity contribution < 1.29 is 8.78 Å². The average molecular weight is 367 g/mol. The Labute approximate surface area is 155 Å². The van der Waals surface area contributed by atoms with Crippen molar-refractivity contribution in [2.75, 3.05) is 5.73 Å². The number of aliphatic imine (C=N–C) groups is 1. The van der Waals surface area contributed by atoms with Gasteiger partial charge in [-0.05, 0) is 41.8 Å². The third-order valence-electron chi connectivity index (χ3n) is 4.39. The quantitative estimate of drug-likeness (QED) is 0.657. The van der Waals surface area contributed by atoms with Crippen LogP contribution >= 0.6 is 0 Å². The van der Waals surface area contributed by atoms with Gasteiger partial charge in [0.2, 0.25) is 0 Å². The average Bonchev–Trinajstić information content (AvgIpc) is 2.75. The molecular formula is C21H19F2N3O. The predicted molar refractivity (Wildman–Crippen MR) is 105 cm³/mol. The lowest BCUT2D eigenvalue weighted by Gasteiger charge is -2.14. The molecule has 0 saturated carbocycles. The van der Waals surface area contributed by atoms with Gasteiger partial charge in [-0.2, -0.15) is 0 Å². The van der Waals surface area contributed by atoms with Crippen molar-refractivity contribution in [3.8, 4) is 11.1 Å². The van der Waals surface area contributed by atoms with Crippen molar-refractivity contribution in [1.29, 1.82) is 0 Å². The van der Waals surface area contributed by atoms with E-state index in [9.17, 15) is 13.6 Å². The summed E-state index contributed by atoms with van der Waals surface area (Å²) in [5.74, 6) is -0.950. The van der Waals surface area contributed by atoms with E-state index in [1.54, 1.807) is 13.2 Å². The van der Waals surface area contributed by atoms with Gasteiger partial charge in [-0.15, -0.1) is 0 Å². The van der Waals surface area contributed by atoms with Gasteiger partial charge in [0.25, 0.3) is 5.56 Å². The highest BCUT2D eigenvalue weighted by Gasteiger charge is 2.22. The van der Waals surface area contributed by atoms with Crippen molar-refractivity contribution in [3.05, 3.63) is 87.9 Å². The zero-order chi connectivity index (χ0) is 19.7. The van der Waals surface area contributed by atoms with Crippen LogP contribution in [0.4, 0.5) is 14.5 Å². The van der Waals surface area contributed by atoms with Crippen LogP contribution in [0, 0.1) is 5.82 Å². The van der Waals surface area contributed by atoms with E-state index in [0.29, 0.717) is 28.0 Å². The van der Waals surface area contributed by atoms with E-state index in [0.717, 1.165) is 5.56 Å². The van der Waals surface area contributed by atoms with Crippen LogP contribution in [0.1, 0.15) is 18.1 Å². The number of pyridine rings is 1. The van der Waals surface area contributed by atoms with E-state index >= 15 is 0 Å². The molecule has 138 valence electrons. The Morgan fingerprint density at radius 3 is 2.67 bits per heavy atom. The SMILES string of the molecule is C=C/C(=C\C=C(/C)F)C1=NCc2cc(=O)n(C)cc2-c2cc(N)c(F)cc21. The Hall–Kier alpha value is -3.28. The molecule has 0 fully saturated rings. The molecule has 2 heterocycles. The summed E-state index contributed by atoms with van der Waals surface area (Å²) < 4.78 is 28.9. The number of hydrogen-bond acceptors (Lipinski definition) is 3. The van der Waals surface area contributed by atoms with E-state index in [2.05, 4.69) is 11.6 Å². The summed E-state index contributed by atoms with van der Waals surface area (Å²) >= 11 is 0. The van der Waals surface area contributed by atoms with Gasteiger partial charge in [0.1, 0.15) is 5.82 Å². The molecule has 0 amide bonds. The van der Waals surface area contributed by atoms with Crippen molar-refractivity contribution >= 4 is 11.4 Å². The Kier molecular flexibility index (Phi) is 4.90. The van der Waals surface area contributed by atoms with Crippen molar-refractivity contribution in [3.63, 3.8) is 0 Å². The van der Waals surface area contributed by atoms with Crippen LogP contribution < -0.4 is 11.3 Å². The minimum Gasteiger partial charge on any atom is -0.396 e. The minimum atomic E-state index is -0.574. The zero-order valence-electron chi connectivity index (χ0n) is 15.1. The molecule has 0 radical (unpaired) electrons. The Bertz CT molecular complexity index is 1090. The minimum absolute atomic E-state index is 0.00145. The first kappa shape index (κ1) is 18.5. The van der Waals surface area contributed by atoms with E-state index in [-0.39, 0.29) is 23.6 Å². The van der Waals surface area contributed by atoms with E-state index in [1.165, 1.54) is 47.9 Å². The molecule has 0 atom stereocenters. The van der Waals surface area contributed by atoms with Crippen molar-refractivity contribution in [1.82, 2.24) is 4.57 Å². The first-order chi connectivity index (χ1) is 12.8. The van der Waals surface area contributed by atoms with Crippen LogP contribution in [-0.2, 0) is 13.6 Å². The van der Waals surface area contributed by atoms with Crippen molar-refractivity contribution in [2.24, 2.45) is 12.0 Å². The lowest BCUT2D eigenvalue weighted by molar-refractivity contribution is 0.632. The van der Waals surface area contributed by atoms with E-state index in [1.807, 2.05) is 0 Å². The fraction of sp³-hybridized carbons (Fsp3) is 0.143. The molecule has 0 spiro atoms. The summed E-state index contributed by atoms with van der Waals surface area (Å²) in [4.78, 5) is 16.6. The molecule has 1 aromatic heterocycles. The molecule has 4 nitrogen and oxygen atoms in total. The van der Waals surface area contributed by atoms with Crippen LogP contribution in [0.5, 0.6) is 0 Å². The summed E-state index contributed by atoms with van der Waals surface area (Å²) in [6.45, 7) is 5.31. The summed E-state index contributed by atoms with van der Waals surface area (Å²) in [6, 6.07) is 4.35. The largest absolute Gasteiger partial charge is 0.396 e. The topological polar surface area (TPSA) is 60.4 Å². The lowest BCUT2D eigenvalue weighted by atomic mass is 9.92. The number of aryl methyl sites for hydroxylation is 1. The Morgan fingerprint density at radius 1 is 1.26 bits per heavy atom. The van der Waals surface area contributed by atoms with Gasteiger partial charge in [-0.3, -0.25) is 9.79 Å². The van der Waals surface area contributed by atoms with E-state index in [4.69, 9.17) is 5.73 Å². The number of nitrogens with zero attached hydrogens (tertiary/aromatic N) is 2. The third kappa shape index (κ3) is 3.51. The number of benzene rings is 1. The normalized spacial score (nSPS) is 14.1. The summed E-state index contributed by atoms with van der Waals surface area (Å²) in [7, 11) is 1.64. The molecule has 0 aliphatic carbocycles. The number of allylic oxidation sites excluding steroid dienone is 5. The standard InChI is InChI=1S/C21H19F2N3O/c1-4-13(6-5-12(2)22)21-16-8-18(23)19(24)9-15(16)17-11-26(3)20(27)7-14(17)10-25-21/h4-9,11H,1,10,24H2,2-3H3/b12-5+,13-6+. The molecule has 1 aromatic carbocycles. The van der Waals surface area contributed by atoms with Gasteiger partial charge in [0.15, 0.2) is 0 Å². The number of rotatable bonds is 3. The van der Waals surface area contributed by atoms with Gasteiger partial charge in [-0.1, -0.05) is 18.7 Å². The number of nitrogens with two attached hydrogens (primary N) is 1. The highest BCUT2D eigenvalue weighted by molar-refractivity contribution is 6.18. The summed E-state index contributed by atoms with van der Waals surface area (Å²) in [5, 5.41) is 0. The molecule has 0 saturated heterocycles. The first-order valence-electron chi connectivity index (χ1n) is 8.32. The third-order valence-corrected chi connectivity index (χ3v) is 4.39. The Morgan fingerprint density at radius 2 is 2.00 bits per heavy atom. The molecule has 2 aromatic rings. The van der Waals surface area contributed by atoms with Crippen LogP contribution in [0.25, 0.3) is 11.1 Å². The number of aromatic nitrogens is 1. The predicted octanol–water partition coefficient (Wildman–Crippen LogP) is 4.06. The molecule has 0 unspecified atom stereocenters. The van der Waals surface area contributed by atoms with Crippen LogP contribution in [-0.4, -0.2) is 10.3 Å². The smallest absolute Gasteiger partial charge is 0.250 e. The number of fused-ring (bicyclic) bond motifs is 3. The maximum Gasteiger partial charge on any atom is 0.250 e. The molecule has 3 rings (SSSR count). The fourth-order valence-electron chi connectivity index (χ4n) is 3.00. The highest BCUT2D eigenvalue weighted by Crippen LogP contribution is 2.34. The molecule has 1 aliphatic rings. The number of hydrogen-bond donors (Lipinski definition) is 1. The van der Waals surface area contributed by atoms with Crippen LogP contribution in [0.3, 0.4) is 0 Å². The zero-order valence-corrected chi connectivity index (χ0v) is 15.1. The van der Waals surface area contributed by atoms with Gasteiger partial charge >= 0.3 is 0 Å². The number of anilines is 1. The van der Waals surface area contributed by atoms with Gasteiger partial charge in [-0.25, -0.2) is 8.78 Å². The molecule has 0 bridgehead atoms. The summed E-state index contributed by atoms with van der Waals surface area (Å²) in [5.41, 5.74) is 9.25. The van der Waals surface area contributed by atoms with Gasteiger partial charge < -0.3 is 10.3 Å². The first-order valence-corrected chi connectivity index (χ1v) is 8.32. The second-order valence-electron chi connectivity index (χ2n) is 6.33. The second-order valence-corrected chi connectivity index (χ2v) is 6.33.